The van der Waals surface area contributed by atoms with Crippen molar-refractivity contribution in [3.8, 4) is 11.1 Å². The number of carbonyl (C=O) groups is 1. The van der Waals surface area contributed by atoms with Crippen LogP contribution in [0, 0.1) is 17.5 Å². The number of carbonyl (C=O) groups excluding carboxylic acids is 1. The lowest BCUT2D eigenvalue weighted by Gasteiger charge is -2.17. The van der Waals surface area contributed by atoms with Crippen molar-refractivity contribution in [2.45, 2.75) is 6.92 Å². The second kappa shape index (κ2) is 9.44. The number of H-pyrrole nitrogens is 1. The third-order valence-electron chi connectivity index (χ3n) is 5.44. The topological polar surface area (TPSA) is 95.2 Å². The zero-order valence-electron chi connectivity index (χ0n) is 18.4. The highest BCUT2D eigenvalue weighted by Gasteiger charge is 2.27. The average Bonchev–Trinajstić information content (AvgIpc) is 3.25. The highest BCUT2D eigenvalue weighted by molar-refractivity contribution is 9.10. The minimum atomic E-state index is -4.11. The molecule has 0 unspecified atom stereocenters. The van der Waals surface area contributed by atoms with E-state index in [1.54, 1.807) is 19.1 Å². The molecule has 0 saturated carbocycles. The Hall–Kier alpha value is -3.22. The van der Waals surface area contributed by atoms with Gasteiger partial charge in [0, 0.05) is 42.5 Å². The van der Waals surface area contributed by atoms with Crippen LogP contribution >= 0.6 is 15.9 Å². The summed E-state index contributed by atoms with van der Waals surface area (Å²) in [5.74, 6) is -4.02. The van der Waals surface area contributed by atoms with Gasteiger partial charge in [-0.05, 0) is 51.8 Å². The van der Waals surface area contributed by atoms with E-state index in [2.05, 4.69) is 25.9 Å². The Kier molecular flexibility index (Phi) is 6.71. The van der Waals surface area contributed by atoms with Crippen LogP contribution in [0.3, 0.4) is 0 Å². The van der Waals surface area contributed by atoms with Gasteiger partial charge in [0.05, 0.1) is 15.7 Å². The van der Waals surface area contributed by atoms with Crippen molar-refractivity contribution >= 4 is 48.6 Å². The number of nitrogens with zero attached hydrogens (tertiary/aromatic N) is 2. The second-order valence-corrected chi connectivity index (χ2v) is 10.2. The molecule has 7 nitrogen and oxygen atoms in total. The van der Waals surface area contributed by atoms with Gasteiger partial charge in [-0.15, -0.1) is 0 Å². The lowest BCUT2D eigenvalue weighted by molar-refractivity contribution is 0.103. The molecule has 0 aliphatic heterocycles. The van der Waals surface area contributed by atoms with Crippen molar-refractivity contribution < 1.29 is 26.4 Å². The molecule has 2 aromatic heterocycles. The van der Waals surface area contributed by atoms with Crippen molar-refractivity contribution in [1.82, 2.24) is 14.3 Å². The molecule has 0 radical (unpaired) electrons. The van der Waals surface area contributed by atoms with E-state index in [1.807, 2.05) is 4.72 Å². The molecule has 182 valence electrons. The number of nitrogens with one attached hydrogen (secondary N) is 2. The number of pyridine rings is 1. The first kappa shape index (κ1) is 24.9. The molecular weight excluding hydrogens is 549 g/mol. The molecule has 0 spiro atoms. The molecule has 4 aromatic rings. The highest BCUT2D eigenvalue weighted by Crippen LogP contribution is 2.30. The molecule has 12 heteroatoms. The summed E-state index contributed by atoms with van der Waals surface area (Å²) < 4.78 is 71.7. The number of ketones is 1. The number of hydrogen-bond acceptors (Lipinski definition) is 4. The quantitative estimate of drug-likeness (QED) is 0.299. The third-order valence-corrected chi connectivity index (χ3v) is 7.64. The molecule has 0 fully saturated rings. The van der Waals surface area contributed by atoms with E-state index in [1.165, 1.54) is 31.6 Å². The van der Waals surface area contributed by atoms with E-state index < -0.39 is 44.7 Å². The molecule has 0 bridgehead atoms. The fraction of sp³-hybridized carbons (Fsp3) is 0.130. The molecule has 35 heavy (non-hydrogen) atoms. The maximum atomic E-state index is 15.2. The minimum absolute atomic E-state index is 0.0876. The molecule has 4 rings (SSSR count). The highest BCUT2D eigenvalue weighted by atomic mass is 79.9. The van der Waals surface area contributed by atoms with E-state index >= 15 is 4.39 Å². The Morgan fingerprint density at radius 3 is 2.54 bits per heavy atom. The summed E-state index contributed by atoms with van der Waals surface area (Å²) in [5.41, 5.74) is -0.354. The van der Waals surface area contributed by atoms with Gasteiger partial charge in [-0.2, -0.15) is 12.7 Å². The van der Waals surface area contributed by atoms with Crippen molar-refractivity contribution in [2.75, 3.05) is 18.3 Å². The van der Waals surface area contributed by atoms with E-state index in [0.29, 0.717) is 11.1 Å². The smallest absolute Gasteiger partial charge is 0.301 e. The number of fused-ring (bicyclic) bond motifs is 1. The van der Waals surface area contributed by atoms with Crippen molar-refractivity contribution in [3.63, 3.8) is 0 Å². The fourth-order valence-corrected chi connectivity index (χ4v) is 4.56. The summed E-state index contributed by atoms with van der Waals surface area (Å²) in [5, 5.41) is 0.256. The molecule has 2 N–H and O–H groups in total. The van der Waals surface area contributed by atoms with Crippen LogP contribution in [0.15, 0.2) is 53.3 Å². The average molecular weight is 567 g/mol. The van der Waals surface area contributed by atoms with Gasteiger partial charge < -0.3 is 4.98 Å². The summed E-state index contributed by atoms with van der Waals surface area (Å²) in [6, 6.07) is 7.71. The van der Waals surface area contributed by atoms with Crippen molar-refractivity contribution in [3.05, 3.63) is 81.8 Å². The fourth-order valence-electron chi connectivity index (χ4n) is 3.39. The number of benzene rings is 2. The number of hydrogen-bond donors (Lipinski definition) is 2. The predicted octanol–water partition coefficient (Wildman–Crippen LogP) is 5.25. The predicted molar refractivity (Wildman–Crippen MR) is 130 cm³/mol. The van der Waals surface area contributed by atoms with Gasteiger partial charge in [0.1, 0.15) is 17.3 Å². The number of aromatic amines is 1. The molecule has 0 aliphatic carbocycles. The third kappa shape index (κ3) is 4.68. The van der Waals surface area contributed by atoms with Crippen LogP contribution in [0.5, 0.6) is 0 Å². The molecule has 0 atom stereocenters. The van der Waals surface area contributed by atoms with Gasteiger partial charge in [-0.25, -0.2) is 18.2 Å². The maximum Gasteiger partial charge on any atom is 0.301 e. The lowest BCUT2D eigenvalue weighted by Crippen LogP contribution is -2.32. The number of anilines is 1. The van der Waals surface area contributed by atoms with Gasteiger partial charge in [-0.3, -0.25) is 9.52 Å². The molecule has 0 amide bonds. The van der Waals surface area contributed by atoms with Crippen molar-refractivity contribution in [1.29, 1.82) is 0 Å². The SMILES string of the molecule is CCN(C)S(=O)(=O)Nc1ccc(F)c(C(=O)c2c[nH]c3ncc(-c4ccc(Br)c(F)c4)cc23)c1F. The number of rotatable bonds is 7. The Bertz CT molecular complexity index is 1570. The van der Waals surface area contributed by atoms with Crippen LogP contribution < -0.4 is 4.72 Å². The van der Waals surface area contributed by atoms with E-state index in [-0.39, 0.29) is 27.6 Å². The van der Waals surface area contributed by atoms with Gasteiger partial charge in [0.2, 0.25) is 5.78 Å². The number of halogens is 4. The van der Waals surface area contributed by atoms with E-state index in [4.69, 9.17) is 0 Å². The summed E-state index contributed by atoms with van der Waals surface area (Å²) in [7, 11) is -2.83. The number of aromatic nitrogens is 2. The van der Waals surface area contributed by atoms with Gasteiger partial charge >= 0.3 is 10.2 Å². The first-order valence-electron chi connectivity index (χ1n) is 10.2. The summed E-state index contributed by atoms with van der Waals surface area (Å²) >= 11 is 3.08. The first-order chi connectivity index (χ1) is 16.5. The van der Waals surface area contributed by atoms with Crippen LogP contribution in [-0.2, 0) is 10.2 Å². The monoisotopic (exact) mass is 566 g/mol. The largest absolute Gasteiger partial charge is 0.345 e. The van der Waals surface area contributed by atoms with Crippen LogP contribution in [-0.4, -0.2) is 42.1 Å². The van der Waals surface area contributed by atoms with Gasteiger partial charge in [-0.1, -0.05) is 13.0 Å². The van der Waals surface area contributed by atoms with Crippen LogP contribution in [0.4, 0.5) is 18.9 Å². The molecular formula is C23H18BrF3N4O3S. The first-order valence-corrected chi connectivity index (χ1v) is 12.5. The lowest BCUT2D eigenvalue weighted by atomic mass is 10.00. The minimum Gasteiger partial charge on any atom is -0.345 e. The van der Waals surface area contributed by atoms with Crippen LogP contribution in [0.1, 0.15) is 22.8 Å². The Labute approximate surface area is 207 Å². The Morgan fingerprint density at radius 1 is 1.11 bits per heavy atom. The summed E-state index contributed by atoms with van der Waals surface area (Å²) in [6.45, 7) is 1.69. The summed E-state index contributed by atoms with van der Waals surface area (Å²) in [6.07, 6.45) is 2.73. The molecule has 0 aliphatic rings. The Morgan fingerprint density at radius 2 is 1.86 bits per heavy atom. The van der Waals surface area contributed by atoms with Gasteiger partial charge in [0.15, 0.2) is 5.82 Å². The Balaban J connectivity index is 1.78. The maximum absolute atomic E-state index is 15.2. The second-order valence-electron chi connectivity index (χ2n) is 7.59. The molecule has 2 heterocycles. The standard InChI is InChI=1S/C23H18BrF3N4O3S/c1-3-31(2)35(33,34)30-19-7-6-17(25)20(21(19)27)22(32)15-11-29-23-14(15)8-13(10-28-23)12-4-5-16(24)18(26)9-12/h4-11,30H,3H2,1-2H3,(H,28,29). The van der Waals surface area contributed by atoms with E-state index in [9.17, 15) is 22.0 Å². The van der Waals surface area contributed by atoms with Crippen LogP contribution in [0.25, 0.3) is 22.2 Å². The van der Waals surface area contributed by atoms with Gasteiger partial charge in [0.25, 0.3) is 0 Å². The van der Waals surface area contributed by atoms with Crippen LogP contribution in [0.2, 0.25) is 0 Å². The van der Waals surface area contributed by atoms with Crippen molar-refractivity contribution in [2.24, 2.45) is 0 Å². The molecule has 2 aromatic carbocycles. The zero-order chi connectivity index (χ0) is 25.5. The van der Waals surface area contributed by atoms with E-state index in [0.717, 1.165) is 16.4 Å². The zero-order valence-corrected chi connectivity index (χ0v) is 20.8. The summed E-state index contributed by atoms with van der Waals surface area (Å²) in [4.78, 5) is 20.2. The molecule has 0 saturated heterocycles. The normalized spacial score (nSPS) is 11.9.